The van der Waals surface area contributed by atoms with E-state index in [9.17, 15) is 0 Å². The molecule has 6 heteroatoms. The molecule has 48 heavy (non-hydrogen) atoms. The topological polar surface area (TPSA) is 64.7 Å². The molecule has 0 amide bonds. The Kier molecular flexibility index (Phi) is 5.98. The zero-order valence-corrected chi connectivity index (χ0v) is 26.3. The van der Waals surface area contributed by atoms with Crippen molar-refractivity contribution in [3.63, 3.8) is 0 Å². The van der Waals surface area contributed by atoms with E-state index in [0.717, 1.165) is 49.8 Å². The van der Waals surface area contributed by atoms with E-state index in [-0.39, 0.29) is 0 Å². The lowest BCUT2D eigenvalue weighted by molar-refractivity contribution is 0.668. The minimum Gasteiger partial charge on any atom is -0.456 e. The lowest BCUT2D eigenvalue weighted by Crippen LogP contribution is -2.00. The minimum absolute atomic E-state index is 0.578. The normalized spacial score (nSPS) is 11.8. The van der Waals surface area contributed by atoms with Gasteiger partial charge in [0.2, 0.25) is 0 Å². The lowest BCUT2D eigenvalue weighted by atomic mass is 9.95. The van der Waals surface area contributed by atoms with Crippen molar-refractivity contribution in [3.8, 4) is 45.3 Å². The quantitative estimate of drug-likeness (QED) is 0.193. The molecule has 0 saturated heterocycles. The summed E-state index contributed by atoms with van der Waals surface area (Å²) in [5.41, 5.74) is 6.41. The van der Waals surface area contributed by atoms with E-state index in [2.05, 4.69) is 71.7 Å². The van der Waals surface area contributed by atoms with Crippen molar-refractivity contribution in [2.75, 3.05) is 0 Å². The Labute approximate surface area is 278 Å². The average molecular weight is 633 g/mol. The molecule has 0 aliphatic heterocycles. The molecule has 10 rings (SSSR count). The summed E-state index contributed by atoms with van der Waals surface area (Å²) in [5.74, 6) is 1.80. The van der Waals surface area contributed by atoms with Crippen LogP contribution in [-0.2, 0) is 0 Å². The SMILES string of the molecule is c1ccc(-c2nc(-c3ccccc3)nc(-c3cc(-c4cccc5sc6cc7ccccc7cc6c45)cc4oc5ccncc5c34)n2)cc1. The van der Waals surface area contributed by atoms with Crippen molar-refractivity contribution in [2.45, 2.75) is 0 Å². The van der Waals surface area contributed by atoms with Gasteiger partial charge < -0.3 is 4.42 Å². The monoisotopic (exact) mass is 632 g/mol. The summed E-state index contributed by atoms with van der Waals surface area (Å²) in [6.45, 7) is 0. The highest BCUT2D eigenvalue weighted by atomic mass is 32.1. The Morgan fingerprint density at radius 2 is 1.15 bits per heavy atom. The molecule has 0 aliphatic rings. The predicted octanol–water partition coefficient (Wildman–Crippen LogP) is 11.4. The average Bonchev–Trinajstić information content (AvgIpc) is 3.72. The van der Waals surface area contributed by atoms with Gasteiger partial charge in [-0.15, -0.1) is 11.3 Å². The van der Waals surface area contributed by atoms with Gasteiger partial charge in [0.1, 0.15) is 11.2 Å². The highest BCUT2D eigenvalue weighted by Crippen LogP contribution is 2.45. The second-order valence-corrected chi connectivity index (χ2v) is 13.0. The summed E-state index contributed by atoms with van der Waals surface area (Å²) in [4.78, 5) is 19.7. The second-order valence-electron chi connectivity index (χ2n) is 11.9. The van der Waals surface area contributed by atoms with Gasteiger partial charge in [-0.25, -0.2) is 15.0 Å². The van der Waals surface area contributed by atoms with Gasteiger partial charge in [-0.3, -0.25) is 4.98 Å². The van der Waals surface area contributed by atoms with Crippen LogP contribution in [0.2, 0.25) is 0 Å². The maximum Gasteiger partial charge on any atom is 0.164 e. The van der Waals surface area contributed by atoms with Crippen LogP contribution in [0.5, 0.6) is 0 Å². The summed E-state index contributed by atoms with van der Waals surface area (Å²) < 4.78 is 9.05. The van der Waals surface area contributed by atoms with Crippen LogP contribution in [0.25, 0.3) is 98.2 Å². The first-order valence-corrected chi connectivity index (χ1v) is 16.6. The molecule has 0 N–H and O–H groups in total. The largest absolute Gasteiger partial charge is 0.456 e. The molecule has 0 radical (unpaired) electrons. The first kappa shape index (κ1) is 26.9. The van der Waals surface area contributed by atoms with Crippen LogP contribution in [0.4, 0.5) is 0 Å². The molecule has 0 saturated carbocycles. The number of hydrogen-bond acceptors (Lipinski definition) is 6. The number of benzene rings is 6. The Balaban J connectivity index is 1.29. The number of thiophene rings is 1. The molecule has 0 bridgehead atoms. The Bertz CT molecular complexity index is 2780. The molecular formula is C42H24N4OS. The molecule has 4 aromatic heterocycles. The van der Waals surface area contributed by atoms with Gasteiger partial charge >= 0.3 is 0 Å². The summed E-state index contributed by atoms with van der Waals surface area (Å²) in [7, 11) is 0. The van der Waals surface area contributed by atoms with Crippen LogP contribution in [0, 0.1) is 0 Å². The van der Waals surface area contributed by atoms with Crippen molar-refractivity contribution in [2.24, 2.45) is 0 Å². The van der Waals surface area contributed by atoms with E-state index in [1.54, 1.807) is 6.20 Å². The maximum atomic E-state index is 6.54. The first-order chi connectivity index (χ1) is 23.8. The van der Waals surface area contributed by atoms with Crippen LogP contribution in [0.1, 0.15) is 0 Å². The molecule has 0 aliphatic carbocycles. The molecule has 6 aromatic carbocycles. The number of fused-ring (bicyclic) bond motifs is 7. The van der Waals surface area contributed by atoms with Crippen molar-refractivity contribution in [1.29, 1.82) is 0 Å². The third-order valence-corrected chi connectivity index (χ3v) is 10.1. The molecule has 4 heterocycles. The summed E-state index contributed by atoms with van der Waals surface area (Å²) >= 11 is 1.83. The fourth-order valence-electron chi connectivity index (χ4n) is 6.76. The molecule has 10 aromatic rings. The number of rotatable bonds is 4. The van der Waals surface area contributed by atoms with Gasteiger partial charge in [0.15, 0.2) is 17.5 Å². The van der Waals surface area contributed by atoms with Crippen molar-refractivity contribution in [3.05, 3.63) is 146 Å². The standard InChI is InChI=1S/C42H24N4OS/c1-3-10-25(11-4-1)40-44-41(26-12-5-2-6-13-26)46-42(45-40)32-21-29(22-35-38(32)33-24-43-19-18-34(33)47-35)30-16-9-17-36-39(30)31-20-27-14-7-8-15-28(27)23-37(31)48-36/h1-24H. The highest BCUT2D eigenvalue weighted by Gasteiger charge is 2.21. The van der Waals surface area contributed by atoms with Gasteiger partial charge in [-0.05, 0) is 58.3 Å². The third-order valence-electron chi connectivity index (χ3n) is 8.99. The van der Waals surface area contributed by atoms with Crippen LogP contribution in [0.15, 0.2) is 150 Å². The highest BCUT2D eigenvalue weighted by molar-refractivity contribution is 7.26. The van der Waals surface area contributed by atoms with E-state index < -0.39 is 0 Å². The number of pyridine rings is 1. The number of hydrogen-bond donors (Lipinski definition) is 0. The van der Waals surface area contributed by atoms with Crippen LogP contribution < -0.4 is 0 Å². The molecular weight excluding hydrogens is 609 g/mol. The lowest BCUT2D eigenvalue weighted by Gasteiger charge is -2.12. The van der Waals surface area contributed by atoms with E-state index >= 15 is 0 Å². The first-order valence-electron chi connectivity index (χ1n) is 15.8. The predicted molar refractivity (Wildman–Crippen MR) is 197 cm³/mol. The number of aromatic nitrogens is 4. The second kappa shape index (κ2) is 10.7. The van der Waals surface area contributed by atoms with Crippen molar-refractivity contribution >= 4 is 64.2 Å². The van der Waals surface area contributed by atoms with Crippen LogP contribution in [-0.4, -0.2) is 19.9 Å². The number of nitrogens with zero attached hydrogens (tertiary/aromatic N) is 4. The molecule has 224 valence electrons. The molecule has 0 spiro atoms. The van der Waals surface area contributed by atoms with Gasteiger partial charge in [0, 0.05) is 60.0 Å². The summed E-state index contributed by atoms with van der Waals surface area (Å²) in [6.07, 6.45) is 3.62. The Morgan fingerprint density at radius 3 is 1.90 bits per heavy atom. The van der Waals surface area contributed by atoms with E-state index in [1.807, 2.05) is 84.3 Å². The Hall–Kier alpha value is -6.24. The maximum absolute atomic E-state index is 6.54. The fourth-order valence-corrected chi connectivity index (χ4v) is 7.93. The van der Waals surface area contributed by atoms with Gasteiger partial charge in [-0.2, -0.15) is 0 Å². The molecule has 0 unspecified atom stereocenters. The summed E-state index contributed by atoms with van der Waals surface area (Å²) in [5, 5.41) is 6.81. The zero-order valence-electron chi connectivity index (χ0n) is 25.5. The van der Waals surface area contributed by atoms with Crippen molar-refractivity contribution in [1.82, 2.24) is 19.9 Å². The Morgan fingerprint density at radius 1 is 0.458 bits per heavy atom. The zero-order chi connectivity index (χ0) is 31.6. The smallest absolute Gasteiger partial charge is 0.164 e. The minimum atomic E-state index is 0.578. The van der Waals surface area contributed by atoms with Crippen LogP contribution in [0.3, 0.4) is 0 Å². The van der Waals surface area contributed by atoms with Gasteiger partial charge in [0.25, 0.3) is 0 Å². The third kappa shape index (κ3) is 4.31. The van der Waals surface area contributed by atoms with Gasteiger partial charge in [0.05, 0.1) is 0 Å². The van der Waals surface area contributed by atoms with E-state index in [1.165, 1.54) is 30.9 Å². The molecule has 0 atom stereocenters. The number of furan rings is 1. The summed E-state index contributed by atoms with van der Waals surface area (Å²) in [6, 6.07) is 46.2. The van der Waals surface area contributed by atoms with Crippen LogP contribution >= 0.6 is 11.3 Å². The van der Waals surface area contributed by atoms with Gasteiger partial charge in [-0.1, -0.05) is 97.1 Å². The molecule has 5 nitrogen and oxygen atoms in total. The molecule has 0 fully saturated rings. The van der Waals surface area contributed by atoms with E-state index in [4.69, 9.17) is 19.4 Å². The van der Waals surface area contributed by atoms with Crippen molar-refractivity contribution < 1.29 is 4.42 Å². The van der Waals surface area contributed by atoms with E-state index in [0.29, 0.717) is 17.5 Å². The fraction of sp³-hybridized carbons (Fsp3) is 0.